The van der Waals surface area contributed by atoms with Gasteiger partial charge >= 0.3 is 0 Å². The number of nitrogens with zero attached hydrogens (tertiary/aromatic N) is 4. The second kappa shape index (κ2) is 7.00. The fourth-order valence-corrected chi connectivity index (χ4v) is 3.25. The van der Waals surface area contributed by atoms with Crippen LogP contribution in [0, 0.1) is 5.92 Å². The molecule has 0 unspecified atom stereocenters. The lowest BCUT2D eigenvalue weighted by molar-refractivity contribution is 0.382. The number of aromatic nitrogens is 4. The second-order valence-corrected chi connectivity index (χ2v) is 6.72. The average Bonchev–Trinajstić information content (AvgIpc) is 3.10. The summed E-state index contributed by atoms with van der Waals surface area (Å²) in [6, 6.07) is 8.11. The van der Waals surface area contributed by atoms with Gasteiger partial charge in [0, 0.05) is 13.0 Å². The fourth-order valence-electron chi connectivity index (χ4n) is 2.39. The molecule has 0 saturated carbocycles. The minimum absolute atomic E-state index is 0.518. The summed E-state index contributed by atoms with van der Waals surface area (Å²) in [4.78, 5) is 9.13. The molecule has 0 atom stereocenters. The molecule has 0 fully saturated rings. The molecule has 0 saturated heterocycles. The highest BCUT2D eigenvalue weighted by Crippen LogP contribution is 2.26. The van der Waals surface area contributed by atoms with Crippen LogP contribution in [0.15, 0.2) is 46.6 Å². The molecule has 6 heteroatoms. The number of para-hydroxylation sites is 2. The first-order valence-corrected chi connectivity index (χ1v) is 8.66. The van der Waals surface area contributed by atoms with Crippen molar-refractivity contribution in [2.45, 2.75) is 37.7 Å². The SMILES string of the molecule is C=CCn1c(SCc2nc(CC(C)C)no2)nc2ccccc21. The van der Waals surface area contributed by atoms with Crippen molar-refractivity contribution in [3.8, 4) is 0 Å². The van der Waals surface area contributed by atoms with Crippen LogP contribution in [-0.2, 0) is 18.7 Å². The van der Waals surface area contributed by atoms with Gasteiger partial charge in [-0.2, -0.15) is 4.98 Å². The summed E-state index contributed by atoms with van der Waals surface area (Å²) in [5.74, 6) is 2.55. The number of hydrogen-bond acceptors (Lipinski definition) is 5. The molecule has 5 nitrogen and oxygen atoms in total. The summed E-state index contributed by atoms with van der Waals surface area (Å²) in [6.45, 7) is 8.84. The van der Waals surface area contributed by atoms with Gasteiger partial charge in [0.15, 0.2) is 11.0 Å². The van der Waals surface area contributed by atoms with Crippen LogP contribution in [0.2, 0.25) is 0 Å². The number of imidazole rings is 1. The maximum atomic E-state index is 5.32. The van der Waals surface area contributed by atoms with Gasteiger partial charge in [-0.3, -0.25) is 0 Å². The van der Waals surface area contributed by atoms with Crippen molar-refractivity contribution in [1.82, 2.24) is 19.7 Å². The molecule has 0 amide bonds. The van der Waals surface area contributed by atoms with Gasteiger partial charge in [-0.25, -0.2) is 4.98 Å². The predicted octanol–water partition coefficient (Wildman–Crippen LogP) is 4.10. The highest BCUT2D eigenvalue weighted by molar-refractivity contribution is 7.98. The van der Waals surface area contributed by atoms with E-state index >= 15 is 0 Å². The Morgan fingerprint density at radius 1 is 1.30 bits per heavy atom. The Bertz CT molecular complexity index is 806. The summed E-state index contributed by atoms with van der Waals surface area (Å²) in [6.07, 6.45) is 2.72. The smallest absolute Gasteiger partial charge is 0.237 e. The van der Waals surface area contributed by atoms with Crippen molar-refractivity contribution in [2.75, 3.05) is 0 Å². The van der Waals surface area contributed by atoms with Gasteiger partial charge < -0.3 is 9.09 Å². The van der Waals surface area contributed by atoms with Crippen LogP contribution in [0.5, 0.6) is 0 Å². The van der Waals surface area contributed by atoms with Gasteiger partial charge in [0.05, 0.1) is 16.8 Å². The molecule has 0 radical (unpaired) electrons. The number of thioether (sulfide) groups is 1. The molecule has 0 spiro atoms. The highest BCUT2D eigenvalue weighted by atomic mass is 32.2. The van der Waals surface area contributed by atoms with Crippen molar-refractivity contribution in [3.05, 3.63) is 48.6 Å². The Labute approximate surface area is 139 Å². The van der Waals surface area contributed by atoms with Crippen LogP contribution >= 0.6 is 11.8 Å². The fraction of sp³-hybridized carbons (Fsp3) is 0.353. The van der Waals surface area contributed by atoms with E-state index in [0.717, 1.165) is 35.0 Å². The van der Waals surface area contributed by atoms with Crippen LogP contribution in [0.4, 0.5) is 0 Å². The van der Waals surface area contributed by atoms with E-state index in [1.807, 2.05) is 24.3 Å². The summed E-state index contributed by atoms with van der Waals surface area (Å²) in [5.41, 5.74) is 2.10. The molecule has 2 heterocycles. The van der Waals surface area contributed by atoms with Gasteiger partial charge in [-0.15, -0.1) is 6.58 Å². The van der Waals surface area contributed by atoms with Crippen molar-refractivity contribution in [1.29, 1.82) is 0 Å². The van der Waals surface area contributed by atoms with E-state index in [4.69, 9.17) is 4.52 Å². The zero-order valence-corrected chi connectivity index (χ0v) is 14.2. The zero-order chi connectivity index (χ0) is 16.2. The molecule has 3 rings (SSSR count). The number of allylic oxidation sites excluding steroid dienone is 1. The third-order valence-corrected chi connectivity index (χ3v) is 4.32. The third kappa shape index (κ3) is 3.64. The molecular weight excluding hydrogens is 308 g/mol. The topological polar surface area (TPSA) is 56.7 Å². The second-order valence-electron chi connectivity index (χ2n) is 5.77. The van der Waals surface area contributed by atoms with Gasteiger partial charge in [0.25, 0.3) is 0 Å². The quantitative estimate of drug-likeness (QED) is 0.483. The van der Waals surface area contributed by atoms with Gasteiger partial charge in [0.2, 0.25) is 5.89 Å². The molecule has 0 aliphatic rings. The summed E-state index contributed by atoms with van der Waals surface area (Å²) < 4.78 is 7.47. The minimum atomic E-state index is 0.518. The number of benzene rings is 1. The predicted molar refractivity (Wildman–Crippen MR) is 92.3 cm³/mol. The lowest BCUT2D eigenvalue weighted by Gasteiger charge is -2.04. The molecule has 0 aliphatic heterocycles. The van der Waals surface area contributed by atoms with Crippen molar-refractivity contribution < 1.29 is 4.52 Å². The minimum Gasteiger partial charge on any atom is -0.338 e. The number of fused-ring (bicyclic) bond motifs is 1. The largest absolute Gasteiger partial charge is 0.338 e. The van der Waals surface area contributed by atoms with Crippen molar-refractivity contribution >= 4 is 22.8 Å². The summed E-state index contributed by atoms with van der Waals surface area (Å²) in [5, 5.41) is 4.97. The summed E-state index contributed by atoms with van der Waals surface area (Å²) >= 11 is 1.61. The van der Waals surface area contributed by atoms with Gasteiger partial charge in [-0.05, 0) is 18.1 Å². The molecule has 1 aromatic carbocycles. The maximum absolute atomic E-state index is 5.32. The van der Waals surface area contributed by atoms with E-state index in [2.05, 4.69) is 46.2 Å². The van der Waals surface area contributed by atoms with Crippen molar-refractivity contribution in [2.24, 2.45) is 5.92 Å². The number of rotatable bonds is 7. The Morgan fingerprint density at radius 2 is 2.13 bits per heavy atom. The Morgan fingerprint density at radius 3 is 2.91 bits per heavy atom. The van der Waals surface area contributed by atoms with E-state index in [-0.39, 0.29) is 0 Å². The normalized spacial score (nSPS) is 11.4. The molecule has 0 N–H and O–H groups in total. The molecule has 0 bridgehead atoms. The molecule has 23 heavy (non-hydrogen) atoms. The van der Waals surface area contributed by atoms with Crippen LogP contribution in [0.25, 0.3) is 11.0 Å². The van der Waals surface area contributed by atoms with Gasteiger partial charge in [0.1, 0.15) is 0 Å². The third-order valence-electron chi connectivity index (χ3n) is 3.36. The summed E-state index contributed by atoms with van der Waals surface area (Å²) in [7, 11) is 0. The van der Waals surface area contributed by atoms with E-state index in [1.54, 1.807) is 11.8 Å². The van der Waals surface area contributed by atoms with Crippen LogP contribution in [0.3, 0.4) is 0 Å². The zero-order valence-electron chi connectivity index (χ0n) is 13.4. The molecular formula is C17H20N4OS. The number of hydrogen-bond donors (Lipinski definition) is 0. The molecule has 2 aromatic heterocycles. The lowest BCUT2D eigenvalue weighted by atomic mass is 10.1. The highest BCUT2D eigenvalue weighted by Gasteiger charge is 2.13. The monoisotopic (exact) mass is 328 g/mol. The molecule has 3 aromatic rings. The maximum Gasteiger partial charge on any atom is 0.237 e. The van der Waals surface area contributed by atoms with E-state index in [0.29, 0.717) is 17.6 Å². The Kier molecular flexibility index (Phi) is 4.81. The van der Waals surface area contributed by atoms with Crippen LogP contribution in [-0.4, -0.2) is 19.7 Å². The first kappa shape index (κ1) is 15.8. The first-order chi connectivity index (χ1) is 11.2. The van der Waals surface area contributed by atoms with Gasteiger partial charge in [-0.1, -0.05) is 49.0 Å². The average molecular weight is 328 g/mol. The molecule has 120 valence electrons. The Balaban J connectivity index is 1.77. The standard InChI is InChI=1S/C17H20N4OS/c1-4-9-21-14-8-6-5-7-13(14)18-17(21)23-11-16-19-15(20-22-16)10-12(2)3/h4-8,12H,1,9-11H2,2-3H3. The molecule has 0 aliphatic carbocycles. The lowest BCUT2D eigenvalue weighted by Crippen LogP contribution is -1.98. The van der Waals surface area contributed by atoms with Crippen LogP contribution < -0.4 is 0 Å². The van der Waals surface area contributed by atoms with E-state index < -0.39 is 0 Å². The van der Waals surface area contributed by atoms with Crippen LogP contribution in [0.1, 0.15) is 25.6 Å². The van der Waals surface area contributed by atoms with Crippen molar-refractivity contribution in [3.63, 3.8) is 0 Å². The Hall–Kier alpha value is -2.08. The van der Waals surface area contributed by atoms with E-state index in [1.165, 1.54) is 0 Å². The van der Waals surface area contributed by atoms with E-state index in [9.17, 15) is 0 Å². The first-order valence-electron chi connectivity index (χ1n) is 7.67.